The highest BCUT2D eigenvalue weighted by Crippen LogP contribution is 2.64. The molecule has 0 amide bonds. The molecule has 1 aromatic rings. The van der Waals surface area contributed by atoms with Crippen LogP contribution in [0.4, 0.5) is 0 Å². The van der Waals surface area contributed by atoms with Crippen molar-refractivity contribution >= 4 is 8.32 Å². The van der Waals surface area contributed by atoms with Crippen molar-refractivity contribution in [2.45, 2.75) is 84.9 Å². The van der Waals surface area contributed by atoms with Gasteiger partial charge >= 0.3 is 0 Å². The molecule has 148 valence electrons. The van der Waals surface area contributed by atoms with Gasteiger partial charge in [0.2, 0.25) is 14.1 Å². The molecule has 1 aliphatic rings. The van der Waals surface area contributed by atoms with Gasteiger partial charge in [-0.05, 0) is 49.0 Å². The zero-order valence-corrected chi connectivity index (χ0v) is 19.4. The summed E-state index contributed by atoms with van der Waals surface area (Å²) in [5.41, 5.74) is 0.775. The summed E-state index contributed by atoms with van der Waals surface area (Å²) in [6.07, 6.45) is 0. The summed E-state index contributed by atoms with van der Waals surface area (Å²) in [5, 5.41) is 0.163. The van der Waals surface area contributed by atoms with Gasteiger partial charge in [0.15, 0.2) is 0 Å². The maximum atomic E-state index is 6.52. The zero-order valence-electron chi connectivity index (χ0n) is 18.4. The summed E-state index contributed by atoms with van der Waals surface area (Å²) in [6.45, 7) is 22.9. The van der Waals surface area contributed by atoms with E-state index in [0.717, 1.165) is 11.3 Å². The molecule has 4 heteroatoms. The molecule has 1 aliphatic heterocycles. The van der Waals surface area contributed by atoms with Crippen LogP contribution in [0.3, 0.4) is 0 Å². The summed E-state index contributed by atoms with van der Waals surface area (Å²) in [4.78, 5) is 0. The molecule has 2 rings (SSSR count). The summed E-state index contributed by atoms with van der Waals surface area (Å²) >= 11 is 0. The highest BCUT2D eigenvalue weighted by molar-refractivity contribution is 6.74. The number of epoxide rings is 1. The zero-order chi connectivity index (χ0) is 20.0. The fourth-order valence-electron chi connectivity index (χ4n) is 3.80. The van der Waals surface area contributed by atoms with Crippen LogP contribution in [0.5, 0.6) is 5.75 Å². The Balaban J connectivity index is 2.42. The van der Waals surface area contributed by atoms with Crippen molar-refractivity contribution in [3.63, 3.8) is 0 Å². The number of rotatable bonds is 7. The summed E-state index contributed by atoms with van der Waals surface area (Å²) in [6, 6.07) is 8.35. The first-order chi connectivity index (χ1) is 11.8. The van der Waals surface area contributed by atoms with Crippen LogP contribution in [0.1, 0.15) is 61.0 Å². The first-order valence-corrected chi connectivity index (χ1v) is 12.9. The fraction of sp³-hybridized carbons (Fsp3) is 0.727. The van der Waals surface area contributed by atoms with E-state index < -0.39 is 14.1 Å². The maximum Gasteiger partial charge on any atom is 0.250 e. The van der Waals surface area contributed by atoms with E-state index in [1.807, 2.05) is 6.92 Å². The Morgan fingerprint density at radius 1 is 1.08 bits per heavy atom. The molecule has 0 bridgehead atoms. The maximum absolute atomic E-state index is 6.52. The van der Waals surface area contributed by atoms with Gasteiger partial charge in [-0.15, -0.1) is 0 Å². The quantitative estimate of drug-likeness (QED) is 0.409. The van der Waals surface area contributed by atoms with E-state index in [-0.39, 0.29) is 10.6 Å². The molecule has 0 aromatic heterocycles. The minimum absolute atomic E-state index is 0.163. The lowest BCUT2D eigenvalue weighted by Crippen LogP contribution is -2.44. The Morgan fingerprint density at radius 3 is 2.08 bits per heavy atom. The lowest BCUT2D eigenvalue weighted by molar-refractivity contribution is -0.0445. The Kier molecular flexibility index (Phi) is 5.74. The van der Waals surface area contributed by atoms with E-state index in [0.29, 0.717) is 18.4 Å². The molecule has 1 aromatic carbocycles. The SMILES string of the molecule is CCOC1(c2cccc(O[Si](C)(C)C(C)(C)C)c2)OC1(C(C)C)C(C)C. The van der Waals surface area contributed by atoms with E-state index in [9.17, 15) is 0 Å². The van der Waals surface area contributed by atoms with Crippen LogP contribution in [0.25, 0.3) is 0 Å². The molecular formula is C22H38O3Si. The van der Waals surface area contributed by atoms with Crippen molar-refractivity contribution in [1.82, 2.24) is 0 Å². The predicted octanol–water partition coefficient (Wildman–Crippen LogP) is 6.34. The smallest absolute Gasteiger partial charge is 0.250 e. The van der Waals surface area contributed by atoms with Gasteiger partial charge in [-0.3, -0.25) is 0 Å². The highest BCUT2D eigenvalue weighted by atomic mass is 28.4. The Labute approximate surface area is 161 Å². The average molecular weight is 379 g/mol. The lowest BCUT2D eigenvalue weighted by Gasteiger charge is -2.36. The largest absolute Gasteiger partial charge is 0.543 e. The monoisotopic (exact) mass is 378 g/mol. The first kappa shape index (κ1) is 21.5. The van der Waals surface area contributed by atoms with Crippen LogP contribution < -0.4 is 4.43 Å². The van der Waals surface area contributed by atoms with Crippen molar-refractivity contribution in [3.05, 3.63) is 29.8 Å². The summed E-state index contributed by atoms with van der Waals surface area (Å²) in [7, 11) is -1.89. The number of hydrogen-bond donors (Lipinski definition) is 0. The number of hydrogen-bond acceptors (Lipinski definition) is 3. The van der Waals surface area contributed by atoms with Crippen LogP contribution in [0.15, 0.2) is 24.3 Å². The van der Waals surface area contributed by atoms with Gasteiger partial charge in [0.25, 0.3) is 0 Å². The van der Waals surface area contributed by atoms with Crippen molar-refractivity contribution < 1.29 is 13.9 Å². The Hall–Kier alpha value is -0.843. The van der Waals surface area contributed by atoms with Crippen LogP contribution in [0, 0.1) is 11.8 Å². The Bertz CT molecular complexity index is 623. The van der Waals surface area contributed by atoms with Crippen LogP contribution in [-0.4, -0.2) is 20.5 Å². The van der Waals surface area contributed by atoms with E-state index in [1.54, 1.807) is 0 Å². The standard InChI is InChI=1S/C22H38O3Si/c1-11-23-22(21(25-22,16(2)3)17(4)5)18-13-12-14-19(15-18)24-26(9,10)20(6,7)8/h12-17H,11H2,1-10H3. The van der Waals surface area contributed by atoms with E-state index in [4.69, 9.17) is 13.9 Å². The lowest BCUT2D eigenvalue weighted by atomic mass is 9.78. The van der Waals surface area contributed by atoms with E-state index >= 15 is 0 Å². The molecule has 1 fully saturated rings. The van der Waals surface area contributed by atoms with Gasteiger partial charge in [-0.1, -0.05) is 60.6 Å². The summed E-state index contributed by atoms with van der Waals surface area (Å²) < 4.78 is 19.2. The number of ether oxygens (including phenoxy) is 2. The third-order valence-electron chi connectivity index (χ3n) is 6.24. The summed E-state index contributed by atoms with van der Waals surface area (Å²) in [5.74, 6) is 0.972. The van der Waals surface area contributed by atoms with Gasteiger partial charge in [0, 0.05) is 12.2 Å². The fourth-order valence-corrected chi connectivity index (χ4v) is 4.82. The molecule has 0 saturated carbocycles. The van der Waals surface area contributed by atoms with E-state index in [2.05, 4.69) is 85.8 Å². The first-order valence-electron chi connectivity index (χ1n) is 9.97. The minimum atomic E-state index is -1.89. The molecule has 0 spiro atoms. The van der Waals surface area contributed by atoms with Crippen molar-refractivity contribution in [1.29, 1.82) is 0 Å². The highest BCUT2D eigenvalue weighted by Gasteiger charge is 2.75. The van der Waals surface area contributed by atoms with Gasteiger partial charge < -0.3 is 13.9 Å². The average Bonchev–Trinajstić information content (AvgIpc) is 3.18. The molecule has 3 nitrogen and oxygen atoms in total. The third-order valence-corrected chi connectivity index (χ3v) is 10.6. The van der Waals surface area contributed by atoms with Crippen LogP contribution in [-0.2, 0) is 15.3 Å². The van der Waals surface area contributed by atoms with Gasteiger partial charge in [0.1, 0.15) is 11.4 Å². The molecule has 1 unspecified atom stereocenters. The molecule has 0 aliphatic carbocycles. The number of benzene rings is 1. The van der Waals surface area contributed by atoms with E-state index in [1.165, 1.54) is 0 Å². The van der Waals surface area contributed by atoms with Gasteiger partial charge in [-0.2, -0.15) is 0 Å². The second kappa shape index (κ2) is 6.96. The third kappa shape index (κ3) is 3.36. The van der Waals surface area contributed by atoms with Gasteiger partial charge in [-0.25, -0.2) is 0 Å². The molecule has 1 atom stereocenters. The normalized spacial score (nSPS) is 22.8. The second-order valence-electron chi connectivity index (χ2n) is 9.64. The molecule has 0 radical (unpaired) electrons. The molecular weight excluding hydrogens is 340 g/mol. The second-order valence-corrected chi connectivity index (χ2v) is 14.4. The van der Waals surface area contributed by atoms with Crippen molar-refractivity contribution in [2.24, 2.45) is 11.8 Å². The van der Waals surface area contributed by atoms with Crippen LogP contribution in [0.2, 0.25) is 18.1 Å². The van der Waals surface area contributed by atoms with Gasteiger partial charge in [0.05, 0.1) is 0 Å². The molecule has 1 heterocycles. The topological polar surface area (TPSA) is 31.0 Å². The minimum Gasteiger partial charge on any atom is -0.543 e. The molecule has 26 heavy (non-hydrogen) atoms. The van der Waals surface area contributed by atoms with Crippen molar-refractivity contribution in [2.75, 3.05) is 6.61 Å². The molecule has 1 saturated heterocycles. The molecule has 0 N–H and O–H groups in total. The Morgan fingerprint density at radius 2 is 1.65 bits per heavy atom. The van der Waals surface area contributed by atoms with Crippen LogP contribution >= 0.6 is 0 Å². The van der Waals surface area contributed by atoms with Crippen molar-refractivity contribution in [3.8, 4) is 5.75 Å². The predicted molar refractivity (Wildman–Crippen MR) is 111 cm³/mol.